The molecule has 2 aromatic rings. The Labute approximate surface area is 190 Å². The van der Waals surface area contributed by atoms with E-state index in [4.69, 9.17) is 4.74 Å². The van der Waals surface area contributed by atoms with E-state index in [2.05, 4.69) is 0 Å². The first kappa shape index (κ1) is 23.4. The second kappa shape index (κ2) is 9.90. The summed E-state index contributed by atoms with van der Waals surface area (Å²) >= 11 is 0. The van der Waals surface area contributed by atoms with Crippen LogP contribution < -0.4 is 9.64 Å². The van der Waals surface area contributed by atoms with E-state index in [0.717, 1.165) is 35.4 Å². The monoisotopic (exact) mass is 436 g/mol. The second-order valence-corrected chi connectivity index (χ2v) is 8.25. The maximum atomic E-state index is 13.1. The minimum Gasteiger partial charge on any atom is -0.507 e. The van der Waals surface area contributed by atoms with Crippen molar-refractivity contribution in [2.45, 2.75) is 39.7 Å². The summed E-state index contributed by atoms with van der Waals surface area (Å²) in [4.78, 5) is 29.6. The van der Waals surface area contributed by atoms with Crippen molar-refractivity contribution in [3.8, 4) is 5.75 Å². The highest BCUT2D eigenvalue weighted by atomic mass is 16.5. The number of aliphatic hydroxyl groups excluding tert-OH is 1. The average Bonchev–Trinajstić information content (AvgIpc) is 3.03. The topological polar surface area (TPSA) is 70.1 Å². The fraction of sp³-hybridized carbons (Fsp3) is 0.385. The van der Waals surface area contributed by atoms with Crippen LogP contribution in [0.1, 0.15) is 49.4 Å². The number of nitrogens with zero attached hydrogens (tertiary/aromatic N) is 2. The molecule has 170 valence electrons. The molecule has 1 N–H and O–H groups in total. The summed E-state index contributed by atoms with van der Waals surface area (Å²) in [6.07, 6.45) is 1.68. The smallest absolute Gasteiger partial charge is 0.295 e. The van der Waals surface area contributed by atoms with Crippen LogP contribution in [-0.2, 0) is 9.59 Å². The van der Waals surface area contributed by atoms with E-state index in [1.54, 1.807) is 23.1 Å². The van der Waals surface area contributed by atoms with Gasteiger partial charge in [-0.2, -0.15) is 0 Å². The first-order valence-corrected chi connectivity index (χ1v) is 11.1. The predicted octanol–water partition coefficient (Wildman–Crippen LogP) is 4.68. The molecule has 0 radical (unpaired) electrons. The third kappa shape index (κ3) is 4.49. The predicted molar refractivity (Wildman–Crippen MR) is 127 cm³/mol. The zero-order chi connectivity index (χ0) is 23.4. The zero-order valence-corrected chi connectivity index (χ0v) is 19.5. The van der Waals surface area contributed by atoms with Crippen LogP contribution in [0, 0.1) is 6.92 Å². The maximum Gasteiger partial charge on any atom is 0.295 e. The molecule has 1 unspecified atom stereocenters. The van der Waals surface area contributed by atoms with Gasteiger partial charge in [0.05, 0.1) is 18.2 Å². The van der Waals surface area contributed by atoms with E-state index in [9.17, 15) is 14.7 Å². The molecule has 3 rings (SSSR count). The highest BCUT2D eigenvalue weighted by molar-refractivity contribution is 6.46. The number of likely N-dealkylation sites (tertiary alicyclic amines) is 1. The van der Waals surface area contributed by atoms with Gasteiger partial charge in [0.1, 0.15) is 11.5 Å². The molecule has 1 aliphatic rings. The van der Waals surface area contributed by atoms with Gasteiger partial charge in [-0.25, -0.2) is 0 Å². The van der Waals surface area contributed by atoms with E-state index < -0.39 is 17.7 Å². The lowest BCUT2D eigenvalue weighted by Gasteiger charge is -2.26. The van der Waals surface area contributed by atoms with Crippen LogP contribution in [-0.4, -0.2) is 48.9 Å². The van der Waals surface area contributed by atoms with E-state index >= 15 is 0 Å². The first-order valence-electron chi connectivity index (χ1n) is 11.1. The summed E-state index contributed by atoms with van der Waals surface area (Å²) in [5.74, 6) is -0.644. The van der Waals surface area contributed by atoms with Gasteiger partial charge in [0.25, 0.3) is 11.7 Å². The van der Waals surface area contributed by atoms with Crippen LogP contribution in [0.4, 0.5) is 5.69 Å². The minimum atomic E-state index is -0.646. The Bertz CT molecular complexity index is 1020. The molecule has 0 bridgehead atoms. The van der Waals surface area contributed by atoms with Crippen molar-refractivity contribution in [3.63, 3.8) is 0 Å². The number of carbonyl (C=O) groups excluding carboxylic acids is 2. The molecule has 1 aliphatic heterocycles. The van der Waals surface area contributed by atoms with E-state index in [0.29, 0.717) is 18.7 Å². The summed E-state index contributed by atoms with van der Waals surface area (Å²) < 4.78 is 5.59. The number of benzene rings is 2. The SMILES string of the molecule is CCCCN1C(=O)C(=O)/C(=C(\O)c2ccc(OCC)c(C)c2)C1c1ccc(N(C)C)cc1. The van der Waals surface area contributed by atoms with Crippen LogP contribution in [0.15, 0.2) is 48.0 Å². The third-order valence-electron chi connectivity index (χ3n) is 5.77. The van der Waals surface area contributed by atoms with Crippen LogP contribution in [0.2, 0.25) is 0 Å². The highest BCUT2D eigenvalue weighted by Crippen LogP contribution is 2.40. The Balaban J connectivity index is 2.12. The molecule has 1 fully saturated rings. The summed E-state index contributed by atoms with van der Waals surface area (Å²) in [6, 6.07) is 12.4. The van der Waals surface area contributed by atoms with Crippen molar-refractivity contribution in [2.24, 2.45) is 0 Å². The van der Waals surface area contributed by atoms with Crippen molar-refractivity contribution < 1.29 is 19.4 Å². The molecule has 1 amide bonds. The zero-order valence-electron chi connectivity index (χ0n) is 19.5. The molecule has 1 heterocycles. The van der Waals surface area contributed by atoms with Gasteiger partial charge in [0, 0.05) is 31.9 Å². The van der Waals surface area contributed by atoms with Gasteiger partial charge in [0.2, 0.25) is 0 Å². The van der Waals surface area contributed by atoms with Crippen molar-refractivity contribution in [2.75, 3.05) is 32.1 Å². The Hall–Kier alpha value is -3.28. The number of unbranched alkanes of at least 4 members (excludes halogenated alkanes) is 1. The van der Waals surface area contributed by atoms with E-state index in [1.165, 1.54) is 0 Å². The average molecular weight is 437 g/mol. The molecule has 0 aliphatic carbocycles. The van der Waals surface area contributed by atoms with Gasteiger partial charge >= 0.3 is 0 Å². The van der Waals surface area contributed by atoms with Gasteiger partial charge < -0.3 is 19.6 Å². The van der Waals surface area contributed by atoms with Gasteiger partial charge in [-0.05, 0) is 61.7 Å². The van der Waals surface area contributed by atoms with Gasteiger partial charge in [-0.15, -0.1) is 0 Å². The fourth-order valence-corrected chi connectivity index (χ4v) is 4.01. The number of aliphatic hydroxyl groups is 1. The molecule has 6 nitrogen and oxygen atoms in total. The Morgan fingerprint density at radius 1 is 1.09 bits per heavy atom. The number of rotatable bonds is 8. The van der Waals surface area contributed by atoms with Crippen molar-refractivity contribution in [1.82, 2.24) is 4.90 Å². The van der Waals surface area contributed by atoms with Crippen LogP contribution >= 0.6 is 0 Å². The molecule has 0 saturated carbocycles. The normalized spacial score (nSPS) is 17.7. The van der Waals surface area contributed by atoms with Gasteiger partial charge in [-0.3, -0.25) is 9.59 Å². The summed E-state index contributed by atoms with van der Waals surface area (Å²) in [5, 5.41) is 11.2. The highest BCUT2D eigenvalue weighted by Gasteiger charge is 2.45. The van der Waals surface area contributed by atoms with Crippen molar-refractivity contribution >= 4 is 23.1 Å². The van der Waals surface area contributed by atoms with Crippen LogP contribution in [0.5, 0.6) is 5.75 Å². The second-order valence-electron chi connectivity index (χ2n) is 8.25. The lowest BCUT2D eigenvalue weighted by Crippen LogP contribution is -2.30. The maximum absolute atomic E-state index is 13.1. The van der Waals surface area contributed by atoms with Crippen molar-refractivity contribution in [3.05, 3.63) is 64.7 Å². The summed E-state index contributed by atoms with van der Waals surface area (Å²) in [7, 11) is 3.91. The minimum absolute atomic E-state index is 0.132. The van der Waals surface area contributed by atoms with E-state index in [1.807, 2.05) is 64.0 Å². The molecule has 0 spiro atoms. The number of hydrogen-bond acceptors (Lipinski definition) is 5. The molecule has 1 atom stereocenters. The lowest BCUT2D eigenvalue weighted by atomic mass is 9.94. The number of Topliss-reactive ketones (excluding diaryl/α,β-unsaturated/α-hetero) is 1. The van der Waals surface area contributed by atoms with Crippen LogP contribution in [0.3, 0.4) is 0 Å². The summed E-state index contributed by atoms with van der Waals surface area (Å²) in [5.41, 5.74) is 3.29. The van der Waals surface area contributed by atoms with Gasteiger partial charge in [-0.1, -0.05) is 25.5 Å². The number of ketones is 1. The number of amides is 1. The Kier molecular flexibility index (Phi) is 7.23. The van der Waals surface area contributed by atoms with Crippen molar-refractivity contribution in [1.29, 1.82) is 0 Å². The number of hydrogen-bond donors (Lipinski definition) is 1. The molecule has 32 heavy (non-hydrogen) atoms. The number of carbonyl (C=O) groups is 2. The molecular formula is C26H32N2O4. The first-order chi connectivity index (χ1) is 15.3. The lowest BCUT2D eigenvalue weighted by molar-refractivity contribution is -0.139. The Morgan fingerprint density at radius 2 is 1.78 bits per heavy atom. The number of anilines is 1. The molecule has 2 aromatic carbocycles. The molecular weight excluding hydrogens is 404 g/mol. The number of aryl methyl sites for hydroxylation is 1. The largest absolute Gasteiger partial charge is 0.507 e. The van der Waals surface area contributed by atoms with Gasteiger partial charge in [0.15, 0.2) is 0 Å². The molecule has 0 aromatic heterocycles. The number of ether oxygens (including phenoxy) is 1. The quantitative estimate of drug-likeness (QED) is 0.370. The third-order valence-corrected chi connectivity index (χ3v) is 5.77. The molecule has 1 saturated heterocycles. The standard InChI is InChI=1S/C26H32N2O4/c1-6-8-15-28-23(18-9-12-20(13-10-18)27(4)5)22(25(30)26(28)31)24(29)19-11-14-21(32-7-2)17(3)16-19/h9-14,16,23,29H,6-8,15H2,1-5H3/b24-22-. The Morgan fingerprint density at radius 3 is 2.34 bits per heavy atom. The summed E-state index contributed by atoms with van der Waals surface area (Å²) in [6.45, 7) is 6.84. The fourth-order valence-electron chi connectivity index (χ4n) is 4.01. The van der Waals surface area contributed by atoms with E-state index in [-0.39, 0.29) is 11.3 Å². The van der Waals surface area contributed by atoms with Crippen LogP contribution in [0.25, 0.3) is 5.76 Å². The molecule has 6 heteroatoms.